The molecule has 1 aliphatic heterocycles. The van der Waals surface area contributed by atoms with Crippen molar-refractivity contribution < 1.29 is 24.2 Å². The van der Waals surface area contributed by atoms with Gasteiger partial charge in [-0.3, -0.25) is 14.5 Å². The molecule has 0 aromatic heterocycles. The fraction of sp³-hybridized carbons (Fsp3) is 0.214. The Labute approximate surface area is 215 Å². The molecule has 1 atom stereocenters. The van der Waals surface area contributed by atoms with E-state index >= 15 is 0 Å². The molecule has 0 radical (unpaired) electrons. The third-order valence-electron chi connectivity index (χ3n) is 6.18. The highest BCUT2D eigenvalue weighted by molar-refractivity contribution is 6.51. The van der Waals surface area contributed by atoms with E-state index in [1.807, 2.05) is 62.3 Å². The second-order valence-electron chi connectivity index (χ2n) is 8.68. The number of nitrogens with zero attached hydrogens (tertiary/aromatic N) is 2. The number of methoxy groups -OCH3 is 2. The van der Waals surface area contributed by atoms with Crippen LogP contribution in [0.5, 0.6) is 11.5 Å². The molecule has 0 saturated carbocycles. The number of carbonyl (C=O) groups is 2. The Morgan fingerprint density at radius 1 is 0.972 bits per heavy atom. The lowest BCUT2D eigenvalue weighted by Gasteiger charge is -2.26. The van der Waals surface area contributed by atoms with Gasteiger partial charge in [0, 0.05) is 31.5 Å². The van der Waals surface area contributed by atoms with Crippen LogP contribution < -0.4 is 19.3 Å². The molecule has 1 N–H and O–H groups in total. The molecule has 3 aromatic rings. The number of ether oxygens (including phenoxy) is 2. The van der Waals surface area contributed by atoms with Crippen molar-refractivity contribution in [1.29, 1.82) is 0 Å². The van der Waals surface area contributed by atoms with Crippen molar-refractivity contribution in [2.24, 2.45) is 0 Å². The van der Waals surface area contributed by atoms with Gasteiger partial charge in [0.2, 0.25) is 0 Å². The molecule has 1 saturated heterocycles. The van der Waals surface area contributed by atoms with Gasteiger partial charge in [0.25, 0.3) is 11.7 Å². The molecular weight excluding hydrogens is 480 g/mol. The van der Waals surface area contributed by atoms with E-state index in [1.165, 1.54) is 31.3 Å². The smallest absolute Gasteiger partial charge is 0.300 e. The molecule has 186 valence electrons. The number of amides is 1. The highest BCUT2D eigenvalue weighted by Crippen LogP contribution is 2.45. The molecule has 36 heavy (non-hydrogen) atoms. The largest absolute Gasteiger partial charge is 0.507 e. The molecule has 0 spiro atoms. The zero-order valence-corrected chi connectivity index (χ0v) is 21.5. The number of Topliss-reactive ketones (excluding diaryl/α,β-unsaturated/α-hetero) is 1. The Bertz CT molecular complexity index is 1360. The number of halogens is 1. The first-order valence-corrected chi connectivity index (χ1v) is 11.6. The van der Waals surface area contributed by atoms with Gasteiger partial charge in [-0.15, -0.1) is 0 Å². The van der Waals surface area contributed by atoms with Crippen LogP contribution in [0.1, 0.15) is 22.7 Å². The van der Waals surface area contributed by atoms with E-state index in [9.17, 15) is 14.7 Å². The summed E-state index contributed by atoms with van der Waals surface area (Å²) in [6.07, 6.45) is 0. The van der Waals surface area contributed by atoms with E-state index < -0.39 is 17.7 Å². The fourth-order valence-corrected chi connectivity index (χ4v) is 4.60. The molecule has 1 aliphatic rings. The molecule has 1 fully saturated rings. The van der Waals surface area contributed by atoms with E-state index in [0.29, 0.717) is 17.0 Å². The third-order valence-corrected chi connectivity index (χ3v) is 6.47. The molecule has 1 unspecified atom stereocenters. The minimum Gasteiger partial charge on any atom is -0.507 e. The average molecular weight is 507 g/mol. The molecule has 1 heterocycles. The Morgan fingerprint density at radius 2 is 1.64 bits per heavy atom. The highest BCUT2D eigenvalue weighted by atomic mass is 35.5. The van der Waals surface area contributed by atoms with Crippen molar-refractivity contribution in [3.05, 3.63) is 87.9 Å². The maximum absolute atomic E-state index is 13.4. The Balaban J connectivity index is 1.96. The van der Waals surface area contributed by atoms with Crippen molar-refractivity contribution in [3.8, 4) is 11.5 Å². The second-order valence-corrected chi connectivity index (χ2v) is 9.09. The van der Waals surface area contributed by atoms with Gasteiger partial charge in [-0.2, -0.15) is 0 Å². The molecular formula is C28H27ClN2O5. The summed E-state index contributed by atoms with van der Waals surface area (Å²) in [6.45, 7) is 1.92. The number of carbonyl (C=O) groups excluding carboxylic acids is 2. The van der Waals surface area contributed by atoms with Crippen LogP contribution in [0, 0.1) is 6.92 Å². The highest BCUT2D eigenvalue weighted by Gasteiger charge is 2.47. The van der Waals surface area contributed by atoms with Gasteiger partial charge in [-0.1, -0.05) is 41.4 Å². The number of anilines is 2. The maximum atomic E-state index is 13.4. The first kappa shape index (κ1) is 25.1. The molecule has 4 rings (SSSR count). The first-order chi connectivity index (χ1) is 17.2. The summed E-state index contributed by atoms with van der Waals surface area (Å²) < 4.78 is 10.7. The zero-order chi connectivity index (χ0) is 26.1. The lowest BCUT2D eigenvalue weighted by Crippen LogP contribution is -2.29. The molecule has 3 aromatic carbocycles. The molecule has 1 amide bonds. The van der Waals surface area contributed by atoms with Crippen LogP contribution in [0.25, 0.3) is 5.76 Å². The summed E-state index contributed by atoms with van der Waals surface area (Å²) >= 11 is 6.33. The summed E-state index contributed by atoms with van der Waals surface area (Å²) in [4.78, 5) is 30.2. The monoisotopic (exact) mass is 506 g/mol. The second kappa shape index (κ2) is 9.95. The quantitative estimate of drug-likeness (QED) is 0.275. The van der Waals surface area contributed by atoms with Crippen molar-refractivity contribution >= 4 is 40.4 Å². The summed E-state index contributed by atoms with van der Waals surface area (Å²) in [5.41, 5.74) is 3.24. The number of aryl methyl sites for hydroxylation is 1. The predicted molar refractivity (Wildman–Crippen MR) is 141 cm³/mol. The lowest BCUT2D eigenvalue weighted by atomic mass is 9.94. The van der Waals surface area contributed by atoms with Crippen molar-refractivity contribution in [2.45, 2.75) is 13.0 Å². The minimum absolute atomic E-state index is 0.0539. The first-order valence-electron chi connectivity index (χ1n) is 11.2. The van der Waals surface area contributed by atoms with E-state index in [-0.39, 0.29) is 27.7 Å². The van der Waals surface area contributed by atoms with Crippen LogP contribution in [-0.2, 0) is 9.59 Å². The summed E-state index contributed by atoms with van der Waals surface area (Å²) in [5.74, 6) is -1.32. The van der Waals surface area contributed by atoms with Gasteiger partial charge in [0.15, 0.2) is 0 Å². The SMILES string of the molecule is COc1cc(OC)c(/C(O)=C2\C(=O)C(=O)N(c3ccc(N(C)C)cc3)C2c2cccc(C)c2)cc1Cl. The van der Waals surface area contributed by atoms with Crippen LogP contribution in [0.4, 0.5) is 11.4 Å². The lowest BCUT2D eigenvalue weighted by molar-refractivity contribution is -0.132. The van der Waals surface area contributed by atoms with Crippen LogP contribution >= 0.6 is 11.6 Å². The van der Waals surface area contributed by atoms with Gasteiger partial charge >= 0.3 is 0 Å². The summed E-state index contributed by atoms with van der Waals surface area (Å²) in [5, 5.41) is 11.7. The van der Waals surface area contributed by atoms with Crippen molar-refractivity contribution in [2.75, 3.05) is 38.1 Å². The Hall–Kier alpha value is -3.97. The summed E-state index contributed by atoms with van der Waals surface area (Å²) in [7, 11) is 6.73. The fourth-order valence-electron chi connectivity index (χ4n) is 4.36. The Kier molecular flexibility index (Phi) is 6.95. The van der Waals surface area contributed by atoms with Crippen LogP contribution in [0.2, 0.25) is 5.02 Å². The Morgan fingerprint density at radius 3 is 2.22 bits per heavy atom. The van der Waals surface area contributed by atoms with Crippen LogP contribution in [0.15, 0.2) is 66.2 Å². The topological polar surface area (TPSA) is 79.3 Å². The van der Waals surface area contributed by atoms with E-state index in [2.05, 4.69) is 0 Å². The summed E-state index contributed by atoms with van der Waals surface area (Å²) in [6, 6.07) is 16.9. The number of hydrogen-bond acceptors (Lipinski definition) is 6. The van der Waals surface area contributed by atoms with Gasteiger partial charge in [0.05, 0.1) is 36.4 Å². The number of aliphatic hydroxyl groups is 1. The average Bonchev–Trinajstić information content (AvgIpc) is 3.13. The molecule has 8 heteroatoms. The van der Waals surface area contributed by atoms with Gasteiger partial charge in [-0.05, 0) is 42.8 Å². The molecule has 0 bridgehead atoms. The van der Waals surface area contributed by atoms with Crippen LogP contribution in [-0.4, -0.2) is 45.1 Å². The third kappa shape index (κ3) is 4.38. The molecule has 7 nitrogen and oxygen atoms in total. The van der Waals surface area contributed by atoms with E-state index in [0.717, 1.165) is 11.3 Å². The number of ketones is 1. The standard InChI is InChI=1S/C28H27ClN2O5/c1-16-7-6-8-17(13-16)25-24(26(32)20-14-21(29)23(36-5)15-22(20)35-4)27(33)28(34)31(25)19-11-9-18(10-12-19)30(2)3/h6-15,25,32H,1-5H3/b26-24+. The number of aliphatic hydroxyl groups excluding tert-OH is 1. The normalized spacial score (nSPS) is 16.8. The van der Waals surface area contributed by atoms with Gasteiger partial charge in [-0.25, -0.2) is 0 Å². The van der Waals surface area contributed by atoms with Crippen molar-refractivity contribution in [3.63, 3.8) is 0 Å². The maximum Gasteiger partial charge on any atom is 0.300 e. The van der Waals surface area contributed by atoms with E-state index in [1.54, 1.807) is 12.1 Å². The number of benzene rings is 3. The number of rotatable bonds is 6. The minimum atomic E-state index is -0.860. The van der Waals surface area contributed by atoms with E-state index in [4.69, 9.17) is 21.1 Å². The molecule has 0 aliphatic carbocycles. The predicted octanol–water partition coefficient (Wildman–Crippen LogP) is 5.36. The van der Waals surface area contributed by atoms with Crippen LogP contribution in [0.3, 0.4) is 0 Å². The zero-order valence-electron chi connectivity index (χ0n) is 20.7. The van der Waals surface area contributed by atoms with Gasteiger partial charge in [0.1, 0.15) is 17.3 Å². The van der Waals surface area contributed by atoms with Crippen molar-refractivity contribution in [1.82, 2.24) is 0 Å². The number of hydrogen-bond donors (Lipinski definition) is 1. The van der Waals surface area contributed by atoms with Gasteiger partial charge < -0.3 is 19.5 Å².